The van der Waals surface area contributed by atoms with Crippen LogP contribution in [0.4, 0.5) is 20.3 Å². The lowest BCUT2D eigenvalue weighted by atomic mass is 10.0. The van der Waals surface area contributed by atoms with E-state index in [1.54, 1.807) is 12.1 Å². The number of fused-ring (bicyclic) bond motifs is 1. The molecule has 3 rings (SSSR count). The van der Waals surface area contributed by atoms with Gasteiger partial charge in [-0.1, -0.05) is 0 Å². The first kappa shape index (κ1) is 14.7. The van der Waals surface area contributed by atoms with E-state index in [1.165, 1.54) is 4.90 Å². The molecule has 0 spiro atoms. The van der Waals surface area contributed by atoms with Crippen LogP contribution in [0.1, 0.15) is 19.8 Å². The predicted octanol–water partition coefficient (Wildman–Crippen LogP) is 2.85. The summed E-state index contributed by atoms with van der Waals surface area (Å²) in [6.07, 6.45) is 0.383. The molecule has 2 atom stereocenters. The SMILES string of the molecule is CC1C(C=O)N(CC(F)F)c2ccc(Br)nc2N1C1CC1. The second-order valence-electron chi connectivity index (χ2n) is 5.53. The smallest absolute Gasteiger partial charge is 0.255 e. The van der Waals surface area contributed by atoms with E-state index in [0.717, 1.165) is 19.1 Å². The van der Waals surface area contributed by atoms with Crippen LogP contribution in [0.5, 0.6) is 0 Å². The summed E-state index contributed by atoms with van der Waals surface area (Å²) in [5.74, 6) is 0.693. The highest BCUT2D eigenvalue weighted by Crippen LogP contribution is 2.43. The average molecular weight is 360 g/mol. The molecule has 1 aromatic rings. The minimum absolute atomic E-state index is 0.164. The van der Waals surface area contributed by atoms with E-state index in [1.807, 2.05) is 6.92 Å². The Morgan fingerprint density at radius 1 is 1.48 bits per heavy atom. The first-order chi connectivity index (χ1) is 10.0. The van der Waals surface area contributed by atoms with Crippen LogP contribution < -0.4 is 9.80 Å². The fraction of sp³-hybridized carbons (Fsp3) is 0.571. The second kappa shape index (κ2) is 5.51. The summed E-state index contributed by atoms with van der Waals surface area (Å²) in [5, 5.41) is 0. The lowest BCUT2D eigenvalue weighted by Crippen LogP contribution is -2.58. The molecule has 114 valence electrons. The van der Waals surface area contributed by atoms with Crippen molar-refractivity contribution in [2.24, 2.45) is 0 Å². The molecule has 0 saturated heterocycles. The Labute approximate surface area is 130 Å². The Kier molecular flexibility index (Phi) is 3.86. The van der Waals surface area contributed by atoms with E-state index in [0.29, 0.717) is 22.2 Å². The van der Waals surface area contributed by atoms with Crippen LogP contribution in [0.15, 0.2) is 16.7 Å². The largest absolute Gasteiger partial charge is 0.351 e. The van der Waals surface area contributed by atoms with Gasteiger partial charge in [-0.3, -0.25) is 0 Å². The van der Waals surface area contributed by atoms with Crippen molar-refractivity contribution in [3.8, 4) is 0 Å². The van der Waals surface area contributed by atoms with Crippen LogP contribution in [0.3, 0.4) is 0 Å². The normalized spacial score (nSPS) is 25.2. The molecular formula is C14H16BrF2N3O. The number of aldehydes is 1. The highest BCUT2D eigenvalue weighted by atomic mass is 79.9. The number of carbonyl (C=O) groups is 1. The number of hydrogen-bond acceptors (Lipinski definition) is 4. The van der Waals surface area contributed by atoms with E-state index in [-0.39, 0.29) is 6.04 Å². The lowest BCUT2D eigenvalue weighted by Gasteiger charge is -2.46. The molecule has 4 nitrogen and oxygen atoms in total. The van der Waals surface area contributed by atoms with Gasteiger partial charge in [-0.25, -0.2) is 13.8 Å². The van der Waals surface area contributed by atoms with E-state index >= 15 is 0 Å². The number of nitrogens with zero attached hydrogens (tertiary/aromatic N) is 3. The monoisotopic (exact) mass is 359 g/mol. The number of anilines is 2. The van der Waals surface area contributed by atoms with Gasteiger partial charge in [0.2, 0.25) is 0 Å². The van der Waals surface area contributed by atoms with E-state index in [2.05, 4.69) is 25.8 Å². The molecule has 0 aromatic carbocycles. The Balaban J connectivity index is 2.08. The Bertz CT molecular complexity index is 553. The van der Waals surface area contributed by atoms with Gasteiger partial charge in [0.15, 0.2) is 5.82 Å². The van der Waals surface area contributed by atoms with Gasteiger partial charge in [-0.2, -0.15) is 0 Å². The van der Waals surface area contributed by atoms with Gasteiger partial charge in [-0.15, -0.1) is 0 Å². The highest BCUT2D eigenvalue weighted by molar-refractivity contribution is 9.10. The van der Waals surface area contributed by atoms with Crippen molar-refractivity contribution in [3.05, 3.63) is 16.7 Å². The fourth-order valence-corrected chi connectivity index (χ4v) is 3.32. The Morgan fingerprint density at radius 2 is 2.19 bits per heavy atom. The maximum absolute atomic E-state index is 12.9. The van der Waals surface area contributed by atoms with Crippen LogP contribution in [0.25, 0.3) is 0 Å². The van der Waals surface area contributed by atoms with Crippen molar-refractivity contribution in [1.29, 1.82) is 0 Å². The summed E-state index contributed by atoms with van der Waals surface area (Å²) in [6.45, 7) is 1.45. The topological polar surface area (TPSA) is 36.4 Å². The molecule has 2 heterocycles. The number of alkyl halides is 2. The van der Waals surface area contributed by atoms with Crippen LogP contribution in [-0.2, 0) is 4.79 Å². The van der Waals surface area contributed by atoms with Crippen LogP contribution in [-0.4, -0.2) is 42.4 Å². The maximum atomic E-state index is 12.9. The number of hydrogen-bond donors (Lipinski definition) is 0. The molecule has 0 bridgehead atoms. The number of aromatic nitrogens is 1. The quantitative estimate of drug-likeness (QED) is 0.611. The van der Waals surface area contributed by atoms with Gasteiger partial charge in [0.1, 0.15) is 16.9 Å². The summed E-state index contributed by atoms with van der Waals surface area (Å²) in [5.41, 5.74) is 0.612. The average Bonchev–Trinajstić information content (AvgIpc) is 3.22. The minimum atomic E-state index is -2.50. The highest BCUT2D eigenvalue weighted by Gasteiger charge is 2.44. The van der Waals surface area contributed by atoms with E-state index in [4.69, 9.17) is 0 Å². The van der Waals surface area contributed by atoms with Gasteiger partial charge in [0, 0.05) is 6.04 Å². The third-order valence-electron chi connectivity index (χ3n) is 4.08. The Morgan fingerprint density at radius 3 is 2.76 bits per heavy atom. The first-order valence-electron chi connectivity index (χ1n) is 6.98. The molecular weight excluding hydrogens is 344 g/mol. The summed E-state index contributed by atoms with van der Waals surface area (Å²) < 4.78 is 26.5. The van der Waals surface area contributed by atoms with E-state index < -0.39 is 19.0 Å². The molecule has 0 N–H and O–H groups in total. The van der Waals surface area contributed by atoms with Crippen molar-refractivity contribution >= 4 is 33.7 Å². The van der Waals surface area contributed by atoms with E-state index in [9.17, 15) is 13.6 Å². The van der Waals surface area contributed by atoms with Crippen molar-refractivity contribution in [1.82, 2.24) is 4.98 Å². The molecule has 1 aliphatic heterocycles. The predicted molar refractivity (Wildman–Crippen MR) is 80.1 cm³/mol. The molecule has 2 aliphatic rings. The maximum Gasteiger partial charge on any atom is 0.255 e. The van der Waals surface area contributed by atoms with Crippen LogP contribution >= 0.6 is 15.9 Å². The molecule has 0 radical (unpaired) electrons. The van der Waals surface area contributed by atoms with Gasteiger partial charge in [0.05, 0.1) is 18.3 Å². The lowest BCUT2D eigenvalue weighted by molar-refractivity contribution is -0.109. The molecule has 0 amide bonds. The minimum Gasteiger partial charge on any atom is -0.351 e. The number of halogens is 3. The van der Waals surface area contributed by atoms with Crippen molar-refractivity contribution in [2.45, 2.75) is 44.3 Å². The third kappa shape index (κ3) is 2.63. The fourth-order valence-electron chi connectivity index (χ4n) is 3.02. The summed E-state index contributed by atoms with van der Waals surface area (Å²) in [4.78, 5) is 19.6. The van der Waals surface area contributed by atoms with Gasteiger partial charge in [0.25, 0.3) is 6.43 Å². The van der Waals surface area contributed by atoms with Gasteiger partial charge in [-0.05, 0) is 47.8 Å². The van der Waals surface area contributed by atoms with Crippen molar-refractivity contribution < 1.29 is 13.6 Å². The summed E-state index contributed by atoms with van der Waals surface area (Å²) in [7, 11) is 0. The van der Waals surface area contributed by atoms with Gasteiger partial charge < -0.3 is 14.6 Å². The Hall–Kier alpha value is -1.24. The zero-order valence-corrected chi connectivity index (χ0v) is 13.1. The van der Waals surface area contributed by atoms with Crippen LogP contribution in [0, 0.1) is 0 Å². The summed E-state index contributed by atoms with van der Waals surface area (Å²) >= 11 is 3.34. The van der Waals surface area contributed by atoms with Crippen molar-refractivity contribution in [3.63, 3.8) is 0 Å². The third-order valence-corrected chi connectivity index (χ3v) is 4.52. The molecule has 21 heavy (non-hydrogen) atoms. The number of pyridine rings is 1. The van der Waals surface area contributed by atoms with Gasteiger partial charge >= 0.3 is 0 Å². The van der Waals surface area contributed by atoms with Crippen molar-refractivity contribution in [2.75, 3.05) is 16.3 Å². The zero-order valence-electron chi connectivity index (χ0n) is 11.5. The molecule has 2 unspecified atom stereocenters. The molecule has 1 aliphatic carbocycles. The standard InChI is InChI=1S/C14H16BrF2N3O/c1-8-11(7-21)19(6-13(16)17)10-4-5-12(15)18-14(10)20(8)9-2-3-9/h4-5,7-9,11,13H,2-3,6H2,1H3. The zero-order chi connectivity index (χ0) is 15.1. The molecule has 1 saturated carbocycles. The summed E-state index contributed by atoms with van der Waals surface area (Å²) in [6, 6.07) is 3.10. The number of rotatable bonds is 4. The van der Waals surface area contributed by atoms with Crippen LogP contribution in [0.2, 0.25) is 0 Å². The molecule has 1 fully saturated rings. The first-order valence-corrected chi connectivity index (χ1v) is 7.77. The molecule has 1 aromatic heterocycles. The molecule has 7 heteroatoms. The second-order valence-corrected chi connectivity index (χ2v) is 6.34. The number of carbonyl (C=O) groups excluding carboxylic acids is 1.